The van der Waals surface area contributed by atoms with Crippen molar-refractivity contribution in [2.24, 2.45) is 0 Å². The largest absolute Gasteiger partial charge is 0.293 e. The van der Waals surface area contributed by atoms with Crippen LogP contribution in [0.2, 0.25) is 5.02 Å². The van der Waals surface area contributed by atoms with E-state index in [1.807, 2.05) is 19.1 Å². The van der Waals surface area contributed by atoms with Crippen molar-refractivity contribution in [2.45, 2.75) is 13.8 Å². The van der Waals surface area contributed by atoms with Crippen LogP contribution in [0.25, 0.3) is 10.9 Å². The molecule has 0 spiro atoms. The van der Waals surface area contributed by atoms with E-state index in [2.05, 4.69) is 4.98 Å². The zero-order valence-electron chi connectivity index (χ0n) is 8.54. The van der Waals surface area contributed by atoms with Gasteiger partial charge in [-0.25, -0.2) is 4.98 Å². The third kappa shape index (κ3) is 1.73. The van der Waals surface area contributed by atoms with E-state index in [1.165, 1.54) is 6.92 Å². The van der Waals surface area contributed by atoms with Crippen LogP contribution in [0.4, 0.5) is 0 Å². The number of para-hydroxylation sites is 1. The van der Waals surface area contributed by atoms with Crippen LogP contribution in [0.5, 0.6) is 0 Å². The van der Waals surface area contributed by atoms with Crippen LogP contribution in [-0.4, -0.2) is 10.8 Å². The summed E-state index contributed by atoms with van der Waals surface area (Å²) in [5, 5.41) is 1.58. The summed E-state index contributed by atoms with van der Waals surface area (Å²) in [4.78, 5) is 15.5. The Morgan fingerprint density at radius 2 is 2.13 bits per heavy atom. The average Bonchev–Trinajstić information content (AvgIpc) is 2.19. The summed E-state index contributed by atoms with van der Waals surface area (Å²) in [7, 11) is 0. The smallest absolute Gasteiger partial charge is 0.178 e. The Balaban J connectivity index is 2.85. The number of aryl methyl sites for hydroxylation is 1. The Labute approximate surface area is 92.9 Å². The highest BCUT2D eigenvalue weighted by Gasteiger charge is 2.08. The van der Waals surface area contributed by atoms with Crippen molar-refractivity contribution in [3.05, 3.63) is 40.5 Å². The maximum absolute atomic E-state index is 11.2. The van der Waals surface area contributed by atoms with E-state index in [1.54, 1.807) is 12.1 Å². The summed E-state index contributed by atoms with van der Waals surface area (Å²) < 4.78 is 0. The van der Waals surface area contributed by atoms with E-state index in [-0.39, 0.29) is 5.78 Å². The quantitative estimate of drug-likeness (QED) is 0.688. The van der Waals surface area contributed by atoms with Gasteiger partial charge in [0.2, 0.25) is 0 Å². The molecule has 1 heterocycles. The molecule has 0 bridgehead atoms. The Kier molecular flexibility index (Phi) is 2.45. The number of pyridine rings is 1. The number of Topliss-reactive ketones (excluding diaryl/α,β-unsaturated/α-hetero) is 1. The van der Waals surface area contributed by atoms with Gasteiger partial charge in [-0.15, -0.1) is 0 Å². The molecule has 2 rings (SSSR count). The fourth-order valence-corrected chi connectivity index (χ4v) is 1.78. The van der Waals surface area contributed by atoms with Crippen LogP contribution in [0.3, 0.4) is 0 Å². The summed E-state index contributed by atoms with van der Waals surface area (Å²) in [6.45, 7) is 3.46. The molecule has 2 nitrogen and oxygen atoms in total. The molecule has 0 aliphatic heterocycles. The Bertz CT molecular complexity index is 549. The second kappa shape index (κ2) is 3.63. The second-order valence-electron chi connectivity index (χ2n) is 3.52. The van der Waals surface area contributed by atoms with Gasteiger partial charge in [-0.2, -0.15) is 0 Å². The molecule has 0 aliphatic carbocycles. The van der Waals surface area contributed by atoms with Gasteiger partial charge in [0.1, 0.15) is 5.69 Å². The number of fused-ring (bicyclic) bond motifs is 1. The van der Waals surface area contributed by atoms with Gasteiger partial charge < -0.3 is 0 Å². The number of hydrogen-bond donors (Lipinski definition) is 0. The molecule has 76 valence electrons. The predicted molar refractivity (Wildman–Crippen MR) is 61.5 cm³/mol. The highest BCUT2D eigenvalue weighted by molar-refractivity contribution is 6.35. The number of carbonyl (C=O) groups is 1. The summed E-state index contributed by atoms with van der Waals surface area (Å²) in [6, 6.07) is 7.40. The predicted octanol–water partition coefficient (Wildman–Crippen LogP) is 3.40. The maximum atomic E-state index is 11.2. The number of hydrogen-bond acceptors (Lipinski definition) is 2. The van der Waals surface area contributed by atoms with E-state index in [9.17, 15) is 4.79 Å². The normalized spacial score (nSPS) is 10.6. The third-order valence-corrected chi connectivity index (χ3v) is 2.66. The molecule has 0 unspecified atom stereocenters. The van der Waals surface area contributed by atoms with Crippen molar-refractivity contribution in [3.63, 3.8) is 0 Å². The summed E-state index contributed by atoms with van der Waals surface area (Å²) in [5.41, 5.74) is 2.19. The number of nitrogens with zero attached hydrogens (tertiary/aromatic N) is 1. The molecule has 0 fully saturated rings. The summed E-state index contributed by atoms with van der Waals surface area (Å²) in [6.07, 6.45) is 0. The van der Waals surface area contributed by atoms with Gasteiger partial charge in [-0.1, -0.05) is 23.7 Å². The van der Waals surface area contributed by atoms with E-state index >= 15 is 0 Å². The van der Waals surface area contributed by atoms with Gasteiger partial charge in [-0.05, 0) is 24.6 Å². The third-order valence-electron chi connectivity index (χ3n) is 2.36. The minimum Gasteiger partial charge on any atom is -0.293 e. The van der Waals surface area contributed by atoms with Crippen LogP contribution in [0.15, 0.2) is 24.3 Å². The number of halogens is 1. The SMILES string of the molecule is CC(=O)c1cc(C)c2cccc(Cl)c2n1. The first-order chi connectivity index (χ1) is 7.09. The van der Waals surface area contributed by atoms with Crippen molar-refractivity contribution in [2.75, 3.05) is 0 Å². The van der Waals surface area contributed by atoms with E-state index < -0.39 is 0 Å². The highest BCUT2D eigenvalue weighted by Crippen LogP contribution is 2.24. The van der Waals surface area contributed by atoms with Crippen molar-refractivity contribution < 1.29 is 4.79 Å². The molecule has 0 amide bonds. The topological polar surface area (TPSA) is 30.0 Å². The molecule has 0 aliphatic rings. The van der Waals surface area contributed by atoms with Gasteiger partial charge in [-0.3, -0.25) is 4.79 Å². The Hall–Kier alpha value is -1.41. The number of carbonyl (C=O) groups excluding carboxylic acids is 1. The van der Waals surface area contributed by atoms with Crippen molar-refractivity contribution in [1.82, 2.24) is 4.98 Å². The first-order valence-corrected chi connectivity index (χ1v) is 5.04. The molecular weight excluding hydrogens is 210 g/mol. The minimum absolute atomic E-state index is 0.0417. The van der Waals surface area contributed by atoms with E-state index in [0.29, 0.717) is 16.2 Å². The number of aromatic nitrogens is 1. The monoisotopic (exact) mass is 219 g/mol. The minimum atomic E-state index is -0.0417. The highest BCUT2D eigenvalue weighted by atomic mass is 35.5. The van der Waals surface area contributed by atoms with Gasteiger partial charge in [0.25, 0.3) is 0 Å². The first kappa shape index (κ1) is 10.1. The molecule has 0 saturated heterocycles. The fraction of sp³-hybridized carbons (Fsp3) is 0.167. The number of rotatable bonds is 1. The van der Waals surface area contributed by atoms with E-state index in [0.717, 1.165) is 10.9 Å². The zero-order valence-corrected chi connectivity index (χ0v) is 9.30. The molecule has 0 saturated carbocycles. The molecule has 0 N–H and O–H groups in total. The molecule has 1 aromatic carbocycles. The first-order valence-electron chi connectivity index (χ1n) is 4.66. The van der Waals surface area contributed by atoms with Gasteiger partial charge in [0.15, 0.2) is 5.78 Å². The standard InChI is InChI=1S/C12H10ClNO/c1-7-6-11(8(2)15)14-12-9(7)4-3-5-10(12)13/h3-6H,1-2H3. The van der Waals surface area contributed by atoms with Gasteiger partial charge in [0, 0.05) is 12.3 Å². The number of ketones is 1. The molecule has 15 heavy (non-hydrogen) atoms. The lowest BCUT2D eigenvalue weighted by Gasteiger charge is -2.05. The van der Waals surface area contributed by atoms with Crippen LogP contribution in [0, 0.1) is 6.92 Å². The van der Waals surface area contributed by atoms with Crippen LogP contribution in [-0.2, 0) is 0 Å². The molecule has 1 aromatic heterocycles. The van der Waals surface area contributed by atoms with Crippen LogP contribution in [0.1, 0.15) is 23.0 Å². The summed E-state index contributed by atoms with van der Waals surface area (Å²) >= 11 is 6.03. The lowest BCUT2D eigenvalue weighted by atomic mass is 10.1. The lowest BCUT2D eigenvalue weighted by Crippen LogP contribution is -1.98. The second-order valence-corrected chi connectivity index (χ2v) is 3.92. The molecule has 3 heteroatoms. The Morgan fingerprint density at radius 1 is 1.40 bits per heavy atom. The number of benzene rings is 1. The zero-order chi connectivity index (χ0) is 11.0. The Morgan fingerprint density at radius 3 is 2.80 bits per heavy atom. The average molecular weight is 220 g/mol. The fourth-order valence-electron chi connectivity index (χ4n) is 1.56. The van der Waals surface area contributed by atoms with E-state index in [4.69, 9.17) is 11.6 Å². The van der Waals surface area contributed by atoms with Crippen molar-refractivity contribution in [1.29, 1.82) is 0 Å². The molecular formula is C12H10ClNO. The van der Waals surface area contributed by atoms with Gasteiger partial charge >= 0.3 is 0 Å². The van der Waals surface area contributed by atoms with Crippen molar-refractivity contribution in [3.8, 4) is 0 Å². The van der Waals surface area contributed by atoms with Crippen molar-refractivity contribution >= 4 is 28.3 Å². The molecule has 0 atom stereocenters. The molecule has 2 aromatic rings. The van der Waals surface area contributed by atoms with Gasteiger partial charge in [0.05, 0.1) is 10.5 Å². The summed E-state index contributed by atoms with van der Waals surface area (Å²) in [5.74, 6) is -0.0417. The lowest BCUT2D eigenvalue weighted by molar-refractivity contribution is 0.101. The van der Waals surface area contributed by atoms with Crippen LogP contribution < -0.4 is 0 Å². The maximum Gasteiger partial charge on any atom is 0.178 e. The molecule has 0 radical (unpaired) electrons. The van der Waals surface area contributed by atoms with Crippen LogP contribution >= 0.6 is 11.6 Å².